The minimum atomic E-state index is -0.539. The number of carbonyl (C=O) groups excluding carboxylic acids is 3. The first-order valence-corrected chi connectivity index (χ1v) is 15.7. The maximum absolute atomic E-state index is 13.7. The van der Waals surface area contributed by atoms with Gasteiger partial charge in [0.2, 0.25) is 0 Å². The van der Waals surface area contributed by atoms with E-state index in [1.54, 1.807) is 46.4 Å². The van der Waals surface area contributed by atoms with Crippen LogP contribution in [0.5, 0.6) is 0 Å². The zero-order valence-corrected chi connectivity index (χ0v) is 27.8. The average molecular weight is 639 g/mol. The number of amidine groups is 2. The molecule has 0 unspecified atom stereocenters. The highest BCUT2D eigenvalue weighted by molar-refractivity contribution is 6.07. The molecule has 2 N–H and O–H groups in total. The molecule has 3 aromatic carbocycles. The first kappa shape index (κ1) is 33.0. The molecule has 0 spiro atoms. The Morgan fingerprint density at radius 2 is 1.06 bits per heavy atom. The summed E-state index contributed by atoms with van der Waals surface area (Å²) >= 11 is 0. The predicted molar refractivity (Wildman–Crippen MR) is 188 cm³/mol. The van der Waals surface area contributed by atoms with Gasteiger partial charge in [0.05, 0.1) is 25.3 Å². The zero-order valence-electron chi connectivity index (χ0n) is 27.8. The SMILES string of the molecule is CC(C)COC(=O)c1cc(N(C)C(=O)N(C)c2ccc(C3=NCCN3)cc2)cc(N(C)C(=O)N(C)c2ccc(C3=NCCN3)cc2)c1. The van der Waals surface area contributed by atoms with Crippen molar-refractivity contribution in [2.24, 2.45) is 15.9 Å². The number of esters is 1. The summed E-state index contributed by atoms with van der Waals surface area (Å²) < 4.78 is 5.52. The fraction of sp³-hybridized carbons (Fsp3) is 0.343. The van der Waals surface area contributed by atoms with Gasteiger partial charge in [0, 0.05) is 75.2 Å². The van der Waals surface area contributed by atoms with E-state index in [1.165, 1.54) is 19.6 Å². The van der Waals surface area contributed by atoms with Crippen LogP contribution >= 0.6 is 0 Å². The van der Waals surface area contributed by atoms with Crippen LogP contribution in [-0.2, 0) is 4.74 Å². The van der Waals surface area contributed by atoms with Gasteiger partial charge in [-0.25, -0.2) is 14.4 Å². The molecule has 47 heavy (non-hydrogen) atoms. The van der Waals surface area contributed by atoms with E-state index < -0.39 is 5.97 Å². The van der Waals surface area contributed by atoms with Gasteiger partial charge < -0.3 is 15.4 Å². The molecule has 4 amide bonds. The van der Waals surface area contributed by atoms with Crippen molar-refractivity contribution in [2.75, 3.05) is 80.6 Å². The van der Waals surface area contributed by atoms with Crippen molar-refractivity contribution in [3.05, 3.63) is 83.4 Å². The van der Waals surface area contributed by atoms with E-state index in [2.05, 4.69) is 20.6 Å². The quantitative estimate of drug-likeness (QED) is 0.331. The lowest BCUT2D eigenvalue weighted by Gasteiger charge is -2.28. The number of ether oxygens (including phenoxy) is 1. The zero-order chi connectivity index (χ0) is 33.7. The van der Waals surface area contributed by atoms with Gasteiger partial charge in [-0.3, -0.25) is 29.6 Å². The van der Waals surface area contributed by atoms with Crippen LogP contribution < -0.4 is 30.2 Å². The van der Waals surface area contributed by atoms with E-state index in [0.29, 0.717) is 22.7 Å². The normalized spacial score (nSPS) is 13.7. The number of hydrogen-bond acceptors (Lipinski definition) is 8. The third kappa shape index (κ3) is 7.54. The molecule has 0 fully saturated rings. The smallest absolute Gasteiger partial charge is 0.338 e. The van der Waals surface area contributed by atoms with Crippen LogP contribution in [0.15, 0.2) is 76.7 Å². The molecule has 0 saturated carbocycles. The van der Waals surface area contributed by atoms with Crippen molar-refractivity contribution >= 4 is 52.5 Å². The Labute approximate surface area is 275 Å². The van der Waals surface area contributed by atoms with Crippen molar-refractivity contribution in [3.8, 4) is 0 Å². The van der Waals surface area contributed by atoms with Gasteiger partial charge in [-0.2, -0.15) is 0 Å². The molecule has 12 heteroatoms. The molecule has 0 aliphatic carbocycles. The predicted octanol–water partition coefficient (Wildman–Crippen LogP) is 4.58. The third-order valence-corrected chi connectivity index (χ3v) is 8.01. The lowest BCUT2D eigenvalue weighted by Crippen LogP contribution is -2.40. The third-order valence-electron chi connectivity index (χ3n) is 8.01. The molecule has 0 aromatic heterocycles. The molecule has 0 radical (unpaired) electrons. The molecule has 2 aliphatic heterocycles. The Morgan fingerprint density at radius 3 is 1.43 bits per heavy atom. The van der Waals surface area contributed by atoms with E-state index >= 15 is 0 Å². The van der Waals surface area contributed by atoms with Gasteiger partial charge in [-0.1, -0.05) is 13.8 Å². The highest BCUT2D eigenvalue weighted by Gasteiger charge is 2.24. The molecule has 0 bridgehead atoms. The Morgan fingerprint density at radius 1 is 0.660 bits per heavy atom. The Kier molecular flexibility index (Phi) is 10.1. The number of urea groups is 2. The molecular weight excluding hydrogens is 596 g/mol. The van der Waals surface area contributed by atoms with Crippen LogP contribution in [0.4, 0.5) is 32.3 Å². The molecule has 3 aromatic rings. The van der Waals surface area contributed by atoms with Crippen LogP contribution in [0, 0.1) is 5.92 Å². The second kappa shape index (κ2) is 14.4. The topological polar surface area (TPSA) is 122 Å². The highest BCUT2D eigenvalue weighted by Crippen LogP contribution is 2.28. The number of nitrogens with one attached hydrogen (secondary N) is 2. The number of nitrogens with zero attached hydrogens (tertiary/aromatic N) is 6. The lowest BCUT2D eigenvalue weighted by molar-refractivity contribution is 0.0459. The largest absolute Gasteiger partial charge is 0.462 e. The summed E-state index contributed by atoms with van der Waals surface area (Å²) in [6.45, 7) is 7.25. The minimum absolute atomic E-state index is 0.142. The number of anilines is 4. The molecular formula is C35H42N8O4. The standard InChI is InChI=1S/C35H42N8O4/c1-23(2)22-47-33(44)26-19-29(42(5)34(45)40(3)27-11-7-24(8-12-27)31-36-15-16-37-31)21-30(20-26)43(6)35(46)41(4)28-13-9-25(10-14-28)32-38-17-18-39-32/h7-14,19-21,23H,15-18,22H2,1-6H3,(H,36,37)(H,38,39). The minimum Gasteiger partial charge on any atom is -0.462 e. The van der Waals surface area contributed by atoms with Crippen molar-refractivity contribution < 1.29 is 19.1 Å². The number of aliphatic imine (C=N–C) groups is 2. The van der Waals surface area contributed by atoms with Crippen LogP contribution in [0.1, 0.15) is 35.3 Å². The molecule has 2 aliphatic rings. The Balaban J connectivity index is 1.38. The van der Waals surface area contributed by atoms with Crippen LogP contribution in [0.2, 0.25) is 0 Å². The first-order chi connectivity index (χ1) is 22.5. The molecule has 246 valence electrons. The van der Waals surface area contributed by atoms with Gasteiger partial charge in [0.15, 0.2) is 0 Å². The summed E-state index contributed by atoms with van der Waals surface area (Å²) in [4.78, 5) is 55.4. The van der Waals surface area contributed by atoms with E-state index in [1.807, 2.05) is 62.4 Å². The summed E-state index contributed by atoms with van der Waals surface area (Å²) in [7, 11) is 6.63. The average Bonchev–Trinajstić information content (AvgIpc) is 3.84. The second-order valence-corrected chi connectivity index (χ2v) is 11.9. The van der Waals surface area contributed by atoms with Gasteiger partial charge in [-0.15, -0.1) is 0 Å². The number of hydrogen-bond donors (Lipinski definition) is 2. The summed E-state index contributed by atoms with van der Waals surface area (Å²) in [6, 6.07) is 19.4. The first-order valence-electron chi connectivity index (χ1n) is 15.7. The Bertz CT molecular complexity index is 1570. The van der Waals surface area contributed by atoms with E-state index in [-0.39, 0.29) is 30.2 Å². The summed E-state index contributed by atoms with van der Waals surface area (Å²) in [6.07, 6.45) is 0. The number of amides is 4. The second-order valence-electron chi connectivity index (χ2n) is 11.9. The summed E-state index contributed by atoms with van der Waals surface area (Å²) in [5.74, 6) is 1.29. The van der Waals surface area contributed by atoms with E-state index in [4.69, 9.17) is 4.74 Å². The Hall–Kier alpha value is -5.39. The van der Waals surface area contributed by atoms with Crippen LogP contribution in [0.25, 0.3) is 0 Å². The highest BCUT2D eigenvalue weighted by atomic mass is 16.5. The monoisotopic (exact) mass is 638 g/mol. The van der Waals surface area contributed by atoms with Crippen LogP contribution in [0.3, 0.4) is 0 Å². The van der Waals surface area contributed by atoms with Gasteiger partial charge in [0.1, 0.15) is 11.7 Å². The fourth-order valence-electron chi connectivity index (χ4n) is 5.19. The molecule has 12 nitrogen and oxygen atoms in total. The summed E-state index contributed by atoms with van der Waals surface area (Å²) in [5.41, 5.74) is 4.35. The number of carbonyl (C=O) groups is 3. The maximum Gasteiger partial charge on any atom is 0.338 e. The molecule has 0 saturated heterocycles. The molecule has 5 rings (SSSR count). The van der Waals surface area contributed by atoms with Crippen molar-refractivity contribution in [2.45, 2.75) is 13.8 Å². The van der Waals surface area contributed by atoms with E-state index in [9.17, 15) is 14.4 Å². The fourth-order valence-corrected chi connectivity index (χ4v) is 5.19. The van der Waals surface area contributed by atoms with Crippen molar-refractivity contribution in [3.63, 3.8) is 0 Å². The maximum atomic E-state index is 13.7. The molecule has 0 atom stereocenters. The summed E-state index contributed by atoms with van der Waals surface area (Å²) in [5, 5.41) is 6.50. The van der Waals surface area contributed by atoms with Gasteiger partial charge in [0.25, 0.3) is 0 Å². The van der Waals surface area contributed by atoms with E-state index in [0.717, 1.165) is 49.0 Å². The number of rotatable bonds is 9. The number of benzene rings is 3. The van der Waals surface area contributed by atoms with Gasteiger partial charge in [-0.05, 0) is 72.6 Å². The molecule has 2 heterocycles. The van der Waals surface area contributed by atoms with Crippen molar-refractivity contribution in [1.82, 2.24) is 10.6 Å². The van der Waals surface area contributed by atoms with Crippen molar-refractivity contribution in [1.29, 1.82) is 0 Å². The van der Waals surface area contributed by atoms with Crippen LogP contribution in [-0.4, -0.2) is 90.7 Å². The lowest BCUT2D eigenvalue weighted by atomic mass is 10.1. The van der Waals surface area contributed by atoms with Gasteiger partial charge >= 0.3 is 18.0 Å².